The van der Waals surface area contributed by atoms with Crippen LogP contribution < -0.4 is 5.32 Å². The lowest BCUT2D eigenvalue weighted by atomic mass is 9.97. The van der Waals surface area contributed by atoms with Crippen molar-refractivity contribution in [3.8, 4) is 0 Å². The monoisotopic (exact) mass is 185 g/mol. The summed E-state index contributed by atoms with van der Waals surface area (Å²) in [6.07, 6.45) is 5.11. The second-order valence-corrected chi connectivity index (χ2v) is 4.32. The normalized spacial score (nSPS) is 14.1. The predicted molar refractivity (Wildman–Crippen MR) is 61.0 cm³/mol. The van der Waals surface area contributed by atoms with Gasteiger partial charge in [0.1, 0.15) is 0 Å². The van der Waals surface area contributed by atoms with Crippen LogP contribution in [-0.4, -0.2) is 12.1 Å². The summed E-state index contributed by atoms with van der Waals surface area (Å²) in [5.74, 6) is 0.764. The van der Waals surface area contributed by atoms with Crippen molar-refractivity contribution in [1.29, 1.82) is 0 Å². The molecule has 0 aromatic carbocycles. The minimum Gasteiger partial charge on any atom is -0.311 e. The number of rotatable bonds is 7. The van der Waals surface area contributed by atoms with Crippen LogP contribution in [0.4, 0.5) is 0 Å². The van der Waals surface area contributed by atoms with Gasteiger partial charge in [0.2, 0.25) is 0 Å². The Morgan fingerprint density at radius 3 is 1.85 bits per heavy atom. The SMILES string of the molecule is CCCC(NC(CC)CC)C(C)C. The fourth-order valence-corrected chi connectivity index (χ4v) is 1.75. The highest BCUT2D eigenvalue weighted by atomic mass is 14.9. The van der Waals surface area contributed by atoms with Gasteiger partial charge in [-0.3, -0.25) is 0 Å². The summed E-state index contributed by atoms with van der Waals surface area (Å²) in [7, 11) is 0. The van der Waals surface area contributed by atoms with E-state index in [1.165, 1.54) is 25.7 Å². The highest BCUT2D eigenvalue weighted by Gasteiger charge is 2.14. The summed E-state index contributed by atoms with van der Waals surface area (Å²) in [4.78, 5) is 0. The zero-order chi connectivity index (χ0) is 10.3. The summed E-state index contributed by atoms with van der Waals surface area (Å²) in [6, 6.07) is 1.44. The third-order valence-corrected chi connectivity index (χ3v) is 2.84. The molecule has 0 saturated heterocycles. The maximum absolute atomic E-state index is 3.75. The Kier molecular flexibility index (Phi) is 7.35. The van der Waals surface area contributed by atoms with E-state index in [0.717, 1.165) is 18.0 Å². The minimum atomic E-state index is 0.717. The van der Waals surface area contributed by atoms with Gasteiger partial charge >= 0.3 is 0 Å². The topological polar surface area (TPSA) is 12.0 Å². The molecule has 0 amide bonds. The summed E-state index contributed by atoms with van der Waals surface area (Å²) in [5, 5.41) is 3.75. The van der Waals surface area contributed by atoms with Crippen molar-refractivity contribution in [2.75, 3.05) is 0 Å². The molecule has 1 nitrogen and oxygen atoms in total. The molecule has 0 saturated carbocycles. The molecule has 0 fully saturated rings. The molecular weight excluding hydrogens is 158 g/mol. The van der Waals surface area contributed by atoms with Crippen molar-refractivity contribution in [1.82, 2.24) is 5.32 Å². The van der Waals surface area contributed by atoms with Crippen molar-refractivity contribution in [2.24, 2.45) is 5.92 Å². The van der Waals surface area contributed by atoms with Crippen LogP contribution in [0.3, 0.4) is 0 Å². The highest BCUT2D eigenvalue weighted by molar-refractivity contribution is 4.74. The third-order valence-electron chi connectivity index (χ3n) is 2.84. The predicted octanol–water partition coefficient (Wildman–Crippen LogP) is 3.59. The molecule has 0 aliphatic carbocycles. The average molecular weight is 185 g/mol. The molecule has 1 atom stereocenters. The average Bonchev–Trinajstić information content (AvgIpc) is 2.11. The molecule has 0 heterocycles. The van der Waals surface area contributed by atoms with Crippen LogP contribution in [0.15, 0.2) is 0 Å². The molecule has 0 aliphatic heterocycles. The molecule has 13 heavy (non-hydrogen) atoms. The van der Waals surface area contributed by atoms with Crippen LogP contribution in [-0.2, 0) is 0 Å². The molecule has 0 rings (SSSR count). The molecule has 1 heteroatoms. The van der Waals surface area contributed by atoms with Gasteiger partial charge in [-0.15, -0.1) is 0 Å². The van der Waals surface area contributed by atoms with Crippen LogP contribution in [0.1, 0.15) is 60.3 Å². The maximum atomic E-state index is 3.75. The molecule has 0 radical (unpaired) electrons. The molecule has 0 bridgehead atoms. The first-order chi connectivity index (χ1) is 6.15. The van der Waals surface area contributed by atoms with Gasteiger partial charge in [0, 0.05) is 12.1 Å². The second-order valence-electron chi connectivity index (χ2n) is 4.32. The first kappa shape index (κ1) is 13.0. The van der Waals surface area contributed by atoms with E-state index in [0.29, 0.717) is 0 Å². The molecule has 1 N–H and O–H groups in total. The van der Waals surface area contributed by atoms with Crippen molar-refractivity contribution in [3.05, 3.63) is 0 Å². The molecular formula is C12H27N. The Bertz CT molecular complexity index is 106. The number of hydrogen-bond donors (Lipinski definition) is 1. The Balaban J connectivity index is 3.91. The lowest BCUT2D eigenvalue weighted by Crippen LogP contribution is -2.40. The van der Waals surface area contributed by atoms with E-state index in [-0.39, 0.29) is 0 Å². The minimum absolute atomic E-state index is 0.717. The summed E-state index contributed by atoms with van der Waals surface area (Å²) in [6.45, 7) is 11.4. The van der Waals surface area contributed by atoms with E-state index >= 15 is 0 Å². The van der Waals surface area contributed by atoms with E-state index in [4.69, 9.17) is 0 Å². The van der Waals surface area contributed by atoms with E-state index in [9.17, 15) is 0 Å². The van der Waals surface area contributed by atoms with E-state index in [2.05, 4.69) is 39.9 Å². The van der Waals surface area contributed by atoms with Crippen LogP contribution in [0.5, 0.6) is 0 Å². The summed E-state index contributed by atoms with van der Waals surface area (Å²) < 4.78 is 0. The lowest BCUT2D eigenvalue weighted by molar-refractivity contribution is 0.322. The number of nitrogens with one attached hydrogen (secondary N) is 1. The first-order valence-electron chi connectivity index (χ1n) is 5.91. The Labute approximate surface area is 84.3 Å². The first-order valence-corrected chi connectivity index (χ1v) is 5.91. The van der Waals surface area contributed by atoms with Crippen LogP contribution in [0, 0.1) is 5.92 Å². The van der Waals surface area contributed by atoms with Crippen LogP contribution in [0.25, 0.3) is 0 Å². The van der Waals surface area contributed by atoms with Crippen LogP contribution >= 0.6 is 0 Å². The van der Waals surface area contributed by atoms with E-state index in [1.54, 1.807) is 0 Å². The zero-order valence-corrected chi connectivity index (χ0v) is 10.1. The molecule has 0 aromatic rings. The van der Waals surface area contributed by atoms with E-state index in [1.807, 2.05) is 0 Å². The largest absolute Gasteiger partial charge is 0.311 e. The van der Waals surface area contributed by atoms with Gasteiger partial charge in [-0.2, -0.15) is 0 Å². The quantitative estimate of drug-likeness (QED) is 0.639. The fourth-order valence-electron chi connectivity index (χ4n) is 1.75. The van der Waals surface area contributed by atoms with Gasteiger partial charge in [0.15, 0.2) is 0 Å². The molecule has 0 aliphatic rings. The van der Waals surface area contributed by atoms with Gasteiger partial charge in [-0.25, -0.2) is 0 Å². The van der Waals surface area contributed by atoms with Gasteiger partial charge < -0.3 is 5.32 Å². The summed E-state index contributed by atoms with van der Waals surface area (Å²) >= 11 is 0. The lowest BCUT2D eigenvalue weighted by Gasteiger charge is -2.27. The molecule has 80 valence electrons. The highest BCUT2D eigenvalue weighted by Crippen LogP contribution is 2.11. The Hall–Kier alpha value is -0.0400. The van der Waals surface area contributed by atoms with Crippen molar-refractivity contribution in [3.63, 3.8) is 0 Å². The fraction of sp³-hybridized carbons (Fsp3) is 1.00. The molecule has 0 aromatic heterocycles. The van der Waals surface area contributed by atoms with Crippen molar-refractivity contribution < 1.29 is 0 Å². The van der Waals surface area contributed by atoms with Gasteiger partial charge in [0.05, 0.1) is 0 Å². The number of hydrogen-bond acceptors (Lipinski definition) is 1. The molecule has 0 spiro atoms. The van der Waals surface area contributed by atoms with Gasteiger partial charge in [-0.05, 0) is 25.2 Å². The summed E-state index contributed by atoms with van der Waals surface area (Å²) in [5.41, 5.74) is 0. The second kappa shape index (κ2) is 7.37. The zero-order valence-electron chi connectivity index (χ0n) is 10.1. The maximum Gasteiger partial charge on any atom is 0.00925 e. The van der Waals surface area contributed by atoms with Crippen LogP contribution in [0.2, 0.25) is 0 Å². The van der Waals surface area contributed by atoms with Gasteiger partial charge in [-0.1, -0.05) is 41.0 Å². The van der Waals surface area contributed by atoms with Crippen molar-refractivity contribution >= 4 is 0 Å². The van der Waals surface area contributed by atoms with E-state index < -0.39 is 0 Å². The standard InChI is InChI=1S/C12H27N/c1-6-9-12(10(4)5)13-11(7-2)8-3/h10-13H,6-9H2,1-5H3. The van der Waals surface area contributed by atoms with Gasteiger partial charge in [0.25, 0.3) is 0 Å². The third kappa shape index (κ3) is 5.30. The molecule has 1 unspecified atom stereocenters. The van der Waals surface area contributed by atoms with Crippen molar-refractivity contribution in [2.45, 2.75) is 72.4 Å². The Morgan fingerprint density at radius 1 is 1.00 bits per heavy atom. The smallest absolute Gasteiger partial charge is 0.00925 e. The Morgan fingerprint density at radius 2 is 1.54 bits per heavy atom.